The third-order valence-corrected chi connectivity index (χ3v) is 4.94. The van der Waals surface area contributed by atoms with Gasteiger partial charge in [0.15, 0.2) is 0 Å². The van der Waals surface area contributed by atoms with Gasteiger partial charge in [-0.1, -0.05) is 6.07 Å². The maximum Gasteiger partial charge on any atom is 0.416 e. The number of piperazine rings is 1. The van der Waals surface area contributed by atoms with Crippen LogP contribution in [0.25, 0.3) is 0 Å². The molecule has 0 spiro atoms. The average Bonchev–Trinajstić information content (AvgIpc) is 3.09. The summed E-state index contributed by atoms with van der Waals surface area (Å²) >= 11 is 1.50. The fraction of sp³-hybridized carbons (Fsp3) is 0.412. The minimum Gasteiger partial charge on any atom is -0.497 e. The molecule has 0 amide bonds. The van der Waals surface area contributed by atoms with Gasteiger partial charge in [0.1, 0.15) is 5.75 Å². The van der Waals surface area contributed by atoms with E-state index >= 15 is 0 Å². The van der Waals surface area contributed by atoms with Crippen LogP contribution in [-0.4, -0.2) is 38.2 Å². The molecule has 130 valence electrons. The molecule has 0 saturated carbocycles. The molecule has 0 unspecified atom stereocenters. The summed E-state index contributed by atoms with van der Waals surface area (Å²) in [7, 11) is 1.38. The summed E-state index contributed by atoms with van der Waals surface area (Å²) in [5.74, 6) is 0.218. The Hall–Kier alpha value is -1.57. The molecule has 1 fully saturated rings. The molecule has 3 rings (SSSR count). The molecule has 3 nitrogen and oxygen atoms in total. The minimum absolute atomic E-state index is 0.218. The highest BCUT2D eigenvalue weighted by molar-refractivity contribution is 7.08. The first kappa shape index (κ1) is 17.3. The summed E-state index contributed by atoms with van der Waals surface area (Å²) in [6.45, 7) is 2.98. The Kier molecular flexibility index (Phi) is 5.12. The summed E-state index contributed by atoms with van der Waals surface area (Å²) in [4.78, 5) is 2.11. The lowest BCUT2D eigenvalue weighted by molar-refractivity contribution is -0.138. The van der Waals surface area contributed by atoms with Gasteiger partial charge in [-0.05, 0) is 40.1 Å². The maximum absolute atomic E-state index is 13.7. The Morgan fingerprint density at radius 3 is 2.54 bits per heavy atom. The third kappa shape index (κ3) is 3.58. The number of thiophene rings is 1. The van der Waals surface area contributed by atoms with Crippen molar-refractivity contribution in [2.45, 2.75) is 12.2 Å². The van der Waals surface area contributed by atoms with Gasteiger partial charge in [0.2, 0.25) is 0 Å². The van der Waals surface area contributed by atoms with Gasteiger partial charge in [-0.15, -0.1) is 0 Å². The van der Waals surface area contributed by atoms with Gasteiger partial charge in [0.25, 0.3) is 0 Å². The summed E-state index contributed by atoms with van der Waals surface area (Å²) < 4.78 is 45.9. The molecule has 1 saturated heterocycles. The van der Waals surface area contributed by atoms with Gasteiger partial charge in [-0.2, -0.15) is 24.5 Å². The lowest BCUT2D eigenvalue weighted by Crippen LogP contribution is -2.45. The second-order valence-corrected chi connectivity index (χ2v) is 6.48. The van der Waals surface area contributed by atoms with Crippen LogP contribution in [0.15, 0.2) is 35.0 Å². The van der Waals surface area contributed by atoms with Crippen molar-refractivity contribution in [2.24, 2.45) is 0 Å². The number of ether oxygens (including phenoxy) is 1. The van der Waals surface area contributed by atoms with E-state index in [1.807, 2.05) is 16.8 Å². The van der Waals surface area contributed by atoms with Crippen LogP contribution in [0.4, 0.5) is 13.2 Å². The number of hydrogen-bond acceptors (Lipinski definition) is 4. The molecule has 1 N–H and O–H groups in total. The smallest absolute Gasteiger partial charge is 0.416 e. The van der Waals surface area contributed by atoms with Crippen molar-refractivity contribution in [3.8, 4) is 5.75 Å². The molecule has 1 aromatic heterocycles. The zero-order valence-corrected chi connectivity index (χ0v) is 14.1. The standard InChI is InChI=1S/C17H19F3N2OS/c1-23-13-2-3-14(15(10-13)17(18,19)20)16(12-4-9-24-11-12)22-7-5-21-6-8-22/h2-4,9-11,16,21H,5-8H2,1H3/t16-/m0/s1. The van der Waals surface area contributed by atoms with Crippen molar-refractivity contribution in [3.63, 3.8) is 0 Å². The van der Waals surface area contributed by atoms with E-state index in [4.69, 9.17) is 4.74 Å². The summed E-state index contributed by atoms with van der Waals surface area (Å²) in [6, 6.07) is 5.75. The SMILES string of the molecule is COc1ccc([C@H](c2ccsc2)N2CCNCC2)c(C(F)(F)F)c1. The van der Waals surface area contributed by atoms with Gasteiger partial charge in [0, 0.05) is 26.2 Å². The van der Waals surface area contributed by atoms with E-state index < -0.39 is 17.8 Å². The van der Waals surface area contributed by atoms with Crippen molar-refractivity contribution in [3.05, 3.63) is 51.7 Å². The highest BCUT2D eigenvalue weighted by atomic mass is 32.1. The summed E-state index contributed by atoms with van der Waals surface area (Å²) in [5, 5.41) is 7.08. The Bertz CT molecular complexity index is 667. The Labute approximate surface area is 143 Å². The van der Waals surface area contributed by atoms with Crippen molar-refractivity contribution in [2.75, 3.05) is 33.3 Å². The predicted octanol–water partition coefficient (Wildman–Crippen LogP) is 3.77. The quantitative estimate of drug-likeness (QED) is 0.903. The molecule has 2 aromatic rings. The molecule has 2 heterocycles. The molecule has 7 heteroatoms. The van der Waals surface area contributed by atoms with E-state index in [0.717, 1.165) is 24.7 Å². The van der Waals surface area contributed by atoms with E-state index in [1.54, 1.807) is 12.1 Å². The van der Waals surface area contributed by atoms with Crippen LogP contribution in [0.2, 0.25) is 0 Å². The molecule has 1 aliphatic heterocycles. The Morgan fingerprint density at radius 1 is 1.21 bits per heavy atom. The van der Waals surface area contributed by atoms with E-state index in [-0.39, 0.29) is 11.3 Å². The molecule has 0 aliphatic carbocycles. The highest BCUT2D eigenvalue weighted by Gasteiger charge is 2.38. The van der Waals surface area contributed by atoms with Gasteiger partial charge >= 0.3 is 6.18 Å². The van der Waals surface area contributed by atoms with Crippen LogP contribution < -0.4 is 10.1 Å². The normalized spacial score (nSPS) is 17.7. The number of nitrogens with zero attached hydrogens (tertiary/aromatic N) is 1. The van der Waals surface area contributed by atoms with Crippen molar-refractivity contribution in [1.82, 2.24) is 10.2 Å². The summed E-state index contributed by atoms with van der Waals surface area (Å²) in [6.07, 6.45) is -4.42. The van der Waals surface area contributed by atoms with Crippen LogP contribution in [0.1, 0.15) is 22.7 Å². The zero-order chi connectivity index (χ0) is 17.2. The number of rotatable bonds is 4. The molecule has 24 heavy (non-hydrogen) atoms. The largest absolute Gasteiger partial charge is 0.497 e. The fourth-order valence-corrected chi connectivity index (χ4v) is 3.78. The Balaban J connectivity index is 2.10. The van der Waals surface area contributed by atoms with Crippen LogP contribution in [0.5, 0.6) is 5.75 Å². The fourth-order valence-electron chi connectivity index (χ4n) is 3.10. The molecule has 1 aromatic carbocycles. The second-order valence-electron chi connectivity index (χ2n) is 5.70. The number of nitrogens with one attached hydrogen (secondary N) is 1. The predicted molar refractivity (Wildman–Crippen MR) is 88.6 cm³/mol. The average molecular weight is 356 g/mol. The minimum atomic E-state index is -4.42. The maximum atomic E-state index is 13.7. The van der Waals surface area contributed by atoms with Gasteiger partial charge in [0.05, 0.1) is 18.7 Å². The highest BCUT2D eigenvalue weighted by Crippen LogP contribution is 2.41. The van der Waals surface area contributed by atoms with E-state index in [2.05, 4.69) is 10.2 Å². The van der Waals surface area contributed by atoms with E-state index in [9.17, 15) is 13.2 Å². The summed E-state index contributed by atoms with van der Waals surface area (Å²) in [5.41, 5.74) is 0.553. The number of halogens is 3. The monoisotopic (exact) mass is 356 g/mol. The number of alkyl halides is 3. The molecule has 1 atom stereocenters. The first-order valence-corrected chi connectivity index (χ1v) is 8.67. The van der Waals surface area contributed by atoms with Crippen molar-refractivity contribution in [1.29, 1.82) is 0 Å². The van der Waals surface area contributed by atoms with Crippen molar-refractivity contribution < 1.29 is 17.9 Å². The third-order valence-electron chi connectivity index (χ3n) is 4.24. The van der Waals surface area contributed by atoms with Gasteiger partial charge in [-0.3, -0.25) is 4.90 Å². The molecular formula is C17H19F3N2OS. The topological polar surface area (TPSA) is 24.5 Å². The first-order chi connectivity index (χ1) is 11.5. The number of methoxy groups -OCH3 is 1. The number of benzene rings is 1. The molecule has 0 radical (unpaired) electrons. The Morgan fingerprint density at radius 2 is 1.96 bits per heavy atom. The molecule has 0 bridgehead atoms. The first-order valence-electron chi connectivity index (χ1n) is 7.72. The van der Waals surface area contributed by atoms with Gasteiger partial charge < -0.3 is 10.1 Å². The van der Waals surface area contributed by atoms with E-state index in [1.165, 1.54) is 18.4 Å². The molecule has 1 aliphatic rings. The second kappa shape index (κ2) is 7.13. The lowest BCUT2D eigenvalue weighted by atomic mass is 9.93. The zero-order valence-electron chi connectivity index (χ0n) is 13.3. The van der Waals surface area contributed by atoms with E-state index in [0.29, 0.717) is 13.1 Å². The molecular weight excluding hydrogens is 337 g/mol. The van der Waals surface area contributed by atoms with Crippen molar-refractivity contribution >= 4 is 11.3 Å². The lowest BCUT2D eigenvalue weighted by Gasteiger charge is -2.36. The van der Waals surface area contributed by atoms with Gasteiger partial charge in [-0.25, -0.2) is 0 Å². The number of hydrogen-bond donors (Lipinski definition) is 1. The van der Waals surface area contributed by atoms with Crippen LogP contribution in [0, 0.1) is 0 Å². The van der Waals surface area contributed by atoms with Crippen LogP contribution in [-0.2, 0) is 6.18 Å². The van der Waals surface area contributed by atoms with Crippen LogP contribution >= 0.6 is 11.3 Å². The van der Waals surface area contributed by atoms with Crippen LogP contribution in [0.3, 0.4) is 0 Å².